The summed E-state index contributed by atoms with van der Waals surface area (Å²) in [6.45, 7) is 0. The molecule has 0 aromatic heterocycles. The molecule has 0 atom stereocenters. The largest absolute Gasteiger partial charge is 0.504 e. The van der Waals surface area contributed by atoms with E-state index in [0.29, 0.717) is 0 Å². The number of methoxy groups -OCH3 is 1. The van der Waals surface area contributed by atoms with Crippen LogP contribution >= 0.6 is 23.2 Å². The highest BCUT2D eigenvalue weighted by molar-refractivity contribution is 7.92. The number of benzene rings is 4. The van der Waals surface area contributed by atoms with Crippen LogP contribution in [-0.2, 0) is 19.7 Å². The number of sulfone groups is 2. The Morgan fingerprint density at radius 2 is 1.16 bits per heavy atom. The van der Waals surface area contributed by atoms with Crippen molar-refractivity contribution in [1.82, 2.24) is 0 Å². The van der Waals surface area contributed by atoms with Crippen LogP contribution in [0.5, 0.6) is 11.5 Å². The van der Waals surface area contributed by atoms with Crippen molar-refractivity contribution >= 4 is 66.1 Å². The van der Waals surface area contributed by atoms with Crippen molar-refractivity contribution in [1.29, 1.82) is 0 Å². The number of halogens is 4. The normalized spacial score (nSPS) is 15.5. The third-order valence-electron chi connectivity index (χ3n) is 6.78. The fourth-order valence-corrected chi connectivity index (χ4v) is 8.25. The first-order chi connectivity index (χ1) is 21.2. The number of para-hydroxylation sites is 2. The van der Waals surface area contributed by atoms with E-state index >= 15 is 0 Å². The summed E-state index contributed by atoms with van der Waals surface area (Å²) in [6, 6.07) is 16.4. The third-order valence-corrected chi connectivity index (χ3v) is 10.6. The summed E-state index contributed by atoms with van der Waals surface area (Å²) < 4.78 is 80.6. The van der Waals surface area contributed by atoms with E-state index in [1.54, 1.807) is 24.3 Å². The molecule has 0 spiro atoms. The second-order valence-electron chi connectivity index (χ2n) is 9.65. The van der Waals surface area contributed by atoms with Crippen molar-refractivity contribution < 1.29 is 45.0 Å². The molecule has 234 valence electrons. The Hall–Kier alpha value is -4.24. The average Bonchev–Trinajstić information content (AvgIpc) is 3.44. The van der Waals surface area contributed by atoms with Gasteiger partial charge >= 0.3 is 0 Å². The van der Waals surface area contributed by atoms with E-state index in [1.807, 2.05) is 0 Å². The van der Waals surface area contributed by atoms with Gasteiger partial charge in [-0.3, -0.25) is 19.4 Å². The molecule has 0 saturated carbocycles. The number of rotatable bonds is 3. The fraction of sp³-hybridized carbons (Fsp3) is 0.103. The summed E-state index contributed by atoms with van der Waals surface area (Å²) in [7, 11) is -5.94. The Balaban J connectivity index is 0.000000178. The number of amides is 2. The van der Waals surface area contributed by atoms with E-state index in [4.69, 9.17) is 27.9 Å². The summed E-state index contributed by atoms with van der Waals surface area (Å²) in [5, 5.41) is 8.91. The topological polar surface area (TPSA) is 138 Å². The van der Waals surface area contributed by atoms with Gasteiger partial charge in [0.05, 0.1) is 38.3 Å². The minimum absolute atomic E-state index is 0.0497. The van der Waals surface area contributed by atoms with Gasteiger partial charge in [0.1, 0.15) is 11.8 Å². The number of phenolic OH excluding ortho intramolecular Hbond substituents is 1. The zero-order chi connectivity index (χ0) is 32.8. The molecule has 0 bridgehead atoms. The van der Waals surface area contributed by atoms with Crippen LogP contribution in [0.15, 0.2) is 82.6 Å². The van der Waals surface area contributed by atoms with Gasteiger partial charge in [-0.05, 0) is 48.5 Å². The number of ether oxygens (including phenoxy) is 1. The Morgan fingerprint density at radius 3 is 1.58 bits per heavy atom. The summed E-state index contributed by atoms with van der Waals surface area (Å²) in [5.74, 6) is -5.15. The maximum Gasteiger partial charge on any atom is 0.259 e. The Kier molecular flexibility index (Phi) is 8.53. The number of anilines is 2. The molecular formula is C29H20Cl2F2N2O8S2. The van der Waals surface area contributed by atoms with Crippen molar-refractivity contribution in [2.45, 2.75) is 9.79 Å². The molecular weight excluding hydrogens is 677 g/mol. The van der Waals surface area contributed by atoms with Gasteiger partial charge in [-0.2, -0.15) is 0 Å². The maximum absolute atomic E-state index is 13.9. The molecule has 2 amide bonds. The average molecular weight is 698 g/mol. The van der Waals surface area contributed by atoms with Gasteiger partial charge in [-0.1, -0.05) is 47.5 Å². The number of hydrogen-bond donors (Lipinski definition) is 1. The highest BCUT2D eigenvalue weighted by atomic mass is 35.5. The predicted octanol–water partition coefficient (Wildman–Crippen LogP) is 5.46. The van der Waals surface area contributed by atoms with Crippen LogP contribution in [0.4, 0.5) is 20.2 Å². The first-order valence-electron chi connectivity index (χ1n) is 12.6. The molecule has 2 aliphatic heterocycles. The van der Waals surface area contributed by atoms with Crippen LogP contribution in [-0.4, -0.2) is 52.6 Å². The molecule has 0 saturated heterocycles. The molecule has 6 rings (SSSR count). The molecule has 2 aliphatic rings. The van der Waals surface area contributed by atoms with Crippen LogP contribution in [0, 0.1) is 11.6 Å². The van der Waals surface area contributed by atoms with Gasteiger partial charge < -0.3 is 9.84 Å². The molecule has 0 unspecified atom stereocenters. The molecule has 2 heterocycles. The highest BCUT2D eigenvalue weighted by Gasteiger charge is 2.37. The van der Waals surface area contributed by atoms with Crippen LogP contribution in [0.25, 0.3) is 0 Å². The van der Waals surface area contributed by atoms with Crippen molar-refractivity contribution in [2.24, 2.45) is 0 Å². The maximum atomic E-state index is 13.9. The van der Waals surface area contributed by atoms with Gasteiger partial charge in [0.15, 0.2) is 42.8 Å². The highest BCUT2D eigenvalue weighted by Crippen LogP contribution is 2.37. The Morgan fingerprint density at radius 1 is 0.733 bits per heavy atom. The quantitative estimate of drug-likeness (QED) is 0.298. The van der Waals surface area contributed by atoms with Gasteiger partial charge in [-0.25, -0.2) is 25.6 Å². The first-order valence-corrected chi connectivity index (χ1v) is 16.7. The minimum atomic E-state index is -3.61. The lowest BCUT2D eigenvalue weighted by Crippen LogP contribution is -2.30. The number of carbonyl (C=O) groups excluding carboxylic acids is 2. The number of aromatic hydroxyl groups is 1. The third kappa shape index (κ3) is 5.93. The predicted molar refractivity (Wildman–Crippen MR) is 162 cm³/mol. The van der Waals surface area contributed by atoms with E-state index in [-0.39, 0.29) is 48.1 Å². The van der Waals surface area contributed by atoms with E-state index < -0.39 is 60.6 Å². The lowest BCUT2D eigenvalue weighted by Gasteiger charge is -2.16. The zero-order valence-corrected chi connectivity index (χ0v) is 26.0. The summed E-state index contributed by atoms with van der Waals surface area (Å²) in [5.41, 5.74) is 0.300. The number of carbonyl (C=O) groups is 2. The van der Waals surface area contributed by atoms with Crippen molar-refractivity contribution in [3.8, 4) is 11.5 Å². The molecule has 1 N–H and O–H groups in total. The molecule has 0 aliphatic carbocycles. The molecule has 16 heteroatoms. The minimum Gasteiger partial charge on any atom is -0.504 e. The van der Waals surface area contributed by atoms with E-state index in [9.17, 15) is 40.3 Å². The first kappa shape index (κ1) is 32.2. The standard InChI is InChI=1S/C15H11ClFNO4S.C14H9ClFNO4S/c1-22-14-10(16)6-9(7-11(14)17)15(19)18-8-23(20,21)13-5-3-2-4-12(13)18;15-9-5-8(6-10(16)13(9)18)14(19)17-7-22(20,21)12-4-2-1-3-11(12)17/h2-7H,8H2,1H3;1-6,18H,7H2. The van der Waals surface area contributed by atoms with Gasteiger partial charge in [-0.15, -0.1) is 0 Å². The lowest BCUT2D eigenvalue weighted by molar-refractivity contribution is 0.0983. The van der Waals surface area contributed by atoms with Crippen LogP contribution < -0.4 is 14.5 Å². The summed E-state index contributed by atoms with van der Waals surface area (Å²) in [6.07, 6.45) is 0. The van der Waals surface area contributed by atoms with Crippen molar-refractivity contribution in [3.63, 3.8) is 0 Å². The number of nitrogens with zero attached hydrogens (tertiary/aromatic N) is 2. The molecule has 4 aromatic carbocycles. The van der Waals surface area contributed by atoms with Crippen molar-refractivity contribution in [2.75, 3.05) is 28.7 Å². The zero-order valence-electron chi connectivity index (χ0n) is 22.9. The number of fused-ring (bicyclic) bond motifs is 2. The molecule has 45 heavy (non-hydrogen) atoms. The number of hydrogen-bond acceptors (Lipinski definition) is 8. The van der Waals surface area contributed by atoms with Gasteiger partial charge in [0, 0.05) is 11.1 Å². The SMILES string of the molecule is COc1c(F)cc(C(=O)N2CS(=O)(=O)c3ccccc32)cc1Cl.O=C(c1cc(F)c(O)c(Cl)c1)N1CS(=O)(=O)c2ccccc21. The van der Waals surface area contributed by atoms with Crippen LogP contribution in [0.1, 0.15) is 20.7 Å². The molecule has 10 nitrogen and oxygen atoms in total. The van der Waals surface area contributed by atoms with E-state index in [1.165, 1.54) is 37.4 Å². The summed E-state index contributed by atoms with van der Waals surface area (Å²) in [4.78, 5) is 27.3. The monoisotopic (exact) mass is 696 g/mol. The lowest BCUT2D eigenvalue weighted by atomic mass is 10.1. The van der Waals surface area contributed by atoms with Gasteiger partial charge in [0.2, 0.25) is 0 Å². The smallest absolute Gasteiger partial charge is 0.259 e. The Bertz CT molecular complexity index is 2060. The Labute approximate surface area is 265 Å². The molecule has 4 aromatic rings. The molecule has 0 fully saturated rings. The van der Waals surface area contributed by atoms with Crippen molar-refractivity contribution in [3.05, 3.63) is 106 Å². The summed E-state index contributed by atoms with van der Waals surface area (Å²) >= 11 is 11.5. The fourth-order valence-electron chi connectivity index (χ4n) is 4.72. The second kappa shape index (κ2) is 11.9. The van der Waals surface area contributed by atoms with Crippen LogP contribution in [0.2, 0.25) is 10.0 Å². The number of phenols is 1. The second-order valence-corrected chi connectivity index (χ2v) is 14.3. The van der Waals surface area contributed by atoms with E-state index in [2.05, 4.69) is 0 Å². The van der Waals surface area contributed by atoms with Gasteiger partial charge in [0.25, 0.3) is 11.8 Å². The molecule has 0 radical (unpaired) electrons. The van der Waals surface area contributed by atoms with Crippen LogP contribution in [0.3, 0.4) is 0 Å². The van der Waals surface area contributed by atoms with E-state index in [0.717, 1.165) is 28.0 Å².